The Morgan fingerprint density at radius 1 is 1.23 bits per heavy atom. The van der Waals surface area contributed by atoms with E-state index in [1.807, 2.05) is 41.2 Å². The van der Waals surface area contributed by atoms with Gasteiger partial charge in [-0.3, -0.25) is 0 Å². The molecular formula is C17H15Cl2N3. The summed E-state index contributed by atoms with van der Waals surface area (Å²) in [6.45, 7) is 4.55. The molecule has 3 aromatic rings. The van der Waals surface area contributed by atoms with E-state index in [1.165, 1.54) is 0 Å². The fraction of sp³-hybridized carbons (Fsp3) is 0.118. The summed E-state index contributed by atoms with van der Waals surface area (Å²) in [7, 11) is 0. The van der Waals surface area contributed by atoms with Crippen molar-refractivity contribution in [2.24, 2.45) is 0 Å². The topological polar surface area (TPSA) is 22.8 Å². The lowest BCUT2D eigenvalue weighted by Crippen LogP contribution is -2.15. The lowest BCUT2D eigenvalue weighted by Gasteiger charge is -2.22. The molecule has 5 heteroatoms. The average molecular weight is 332 g/mol. The predicted octanol–water partition coefficient (Wildman–Crippen LogP) is 4.82. The third-order valence-corrected chi connectivity index (χ3v) is 4.11. The van der Waals surface area contributed by atoms with Crippen molar-refractivity contribution in [1.29, 1.82) is 0 Å². The van der Waals surface area contributed by atoms with Crippen LogP contribution in [0.1, 0.15) is 17.3 Å². The number of halogens is 2. The maximum absolute atomic E-state index is 6.44. The molecule has 0 bridgehead atoms. The number of benzene rings is 1. The van der Waals surface area contributed by atoms with Crippen LogP contribution in [0.3, 0.4) is 0 Å². The number of allylic oxidation sites excluding steroid dienone is 1. The molecule has 0 amide bonds. The summed E-state index contributed by atoms with van der Waals surface area (Å²) in [5.41, 5.74) is 2.09. The first-order valence-corrected chi connectivity index (χ1v) is 7.64. The van der Waals surface area contributed by atoms with E-state index in [2.05, 4.69) is 22.2 Å². The molecule has 0 aliphatic rings. The monoisotopic (exact) mass is 331 g/mol. The molecule has 3 rings (SSSR count). The fourth-order valence-corrected chi connectivity index (χ4v) is 3.11. The van der Waals surface area contributed by atoms with Gasteiger partial charge in [0.25, 0.3) is 0 Å². The highest BCUT2D eigenvalue weighted by Gasteiger charge is 2.21. The lowest BCUT2D eigenvalue weighted by molar-refractivity contribution is 0.613. The first kappa shape index (κ1) is 14.9. The summed E-state index contributed by atoms with van der Waals surface area (Å²) in [6, 6.07) is 9.62. The van der Waals surface area contributed by atoms with Crippen LogP contribution >= 0.6 is 23.2 Å². The molecule has 0 fully saturated rings. The molecular weight excluding hydrogens is 317 g/mol. The summed E-state index contributed by atoms with van der Waals surface area (Å²) in [4.78, 5) is 4.17. The van der Waals surface area contributed by atoms with Crippen LogP contribution in [0.15, 0.2) is 67.9 Å². The third-order valence-electron chi connectivity index (χ3n) is 3.55. The molecule has 112 valence electrons. The Bertz CT molecular complexity index is 775. The zero-order valence-corrected chi connectivity index (χ0v) is 13.4. The first-order chi connectivity index (χ1) is 10.7. The predicted molar refractivity (Wildman–Crippen MR) is 90.6 cm³/mol. The number of hydrogen-bond donors (Lipinski definition) is 0. The fourth-order valence-electron chi connectivity index (χ4n) is 2.60. The highest BCUT2D eigenvalue weighted by Crippen LogP contribution is 2.33. The van der Waals surface area contributed by atoms with Gasteiger partial charge in [0.15, 0.2) is 0 Å². The van der Waals surface area contributed by atoms with Gasteiger partial charge in [0.2, 0.25) is 0 Å². The van der Waals surface area contributed by atoms with Gasteiger partial charge in [-0.2, -0.15) is 0 Å². The molecule has 2 heterocycles. The summed E-state index contributed by atoms with van der Waals surface area (Å²) in [5, 5.41) is 1.26. The van der Waals surface area contributed by atoms with Gasteiger partial charge in [0.05, 0.1) is 6.33 Å². The molecule has 0 saturated heterocycles. The Hall–Kier alpha value is -1.97. The van der Waals surface area contributed by atoms with Crippen LogP contribution in [-0.2, 0) is 6.54 Å². The summed E-state index contributed by atoms with van der Waals surface area (Å²) >= 11 is 12.5. The molecule has 0 radical (unpaired) electrons. The SMILES string of the molecule is C=CCn1cccc1C(c1ccc(Cl)cc1Cl)n1ccnc1. The molecule has 0 aliphatic heterocycles. The highest BCUT2D eigenvalue weighted by molar-refractivity contribution is 6.35. The highest BCUT2D eigenvalue weighted by atomic mass is 35.5. The van der Waals surface area contributed by atoms with E-state index in [0.29, 0.717) is 10.0 Å². The van der Waals surface area contributed by atoms with Crippen molar-refractivity contribution in [2.75, 3.05) is 0 Å². The Kier molecular flexibility index (Phi) is 4.36. The molecule has 0 aliphatic carbocycles. The van der Waals surface area contributed by atoms with E-state index in [0.717, 1.165) is 17.8 Å². The molecule has 1 aromatic carbocycles. The molecule has 0 N–H and O–H groups in total. The number of imidazole rings is 1. The van der Waals surface area contributed by atoms with Crippen molar-refractivity contribution in [1.82, 2.24) is 14.1 Å². The number of hydrogen-bond acceptors (Lipinski definition) is 1. The summed E-state index contributed by atoms with van der Waals surface area (Å²) < 4.78 is 4.17. The number of aromatic nitrogens is 3. The zero-order valence-electron chi connectivity index (χ0n) is 11.9. The average Bonchev–Trinajstić information content (AvgIpc) is 3.15. The van der Waals surface area contributed by atoms with Crippen molar-refractivity contribution in [2.45, 2.75) is 12.6 Å². The van der Waals surface area contributed by atoms with Crippen molar-refractivity contribution in [3.05, 3.63) is 89.2 Å². The lowest BCUT2D eigenvalue weighted by atomic mass is 10.0. The van der Waals surface area contributed by atoms with Gasteiger partial charge < -0.3 is 9.13 Å². The second-order valence-electron chi connectivity index (χ2n) is 4.95. The minimum atomic E-state index is -0.0674. The van der Waals surface area contributed by atoms with Gasteiger partial charge in [-0.1, -0.05) is 35.3 Å². The normalized spacial score (nSPS) is 12.3. The van der Waals surface area contributed by atoms with Crippen LogP contribution in [0.2, 0.25) is 10.0 Å². The minimum absolute atomic E-state index is 0.0674. The maximum atomic E-state index is 6.44. The quantitative estimate of drug-likeness (QED) is 0.615. The van der Waals surface area contributed by atoms with Gasteiger partial charge in [0, 0.05) is 40.9 Å². The molecule has 0 spiro atoms. The number of rotatable bonds is 5. The van der Waals surface area contributed by atoms with Crippen molar-refractivity contribution in [3.8, 4) is 0 Å². The molecule has 3 nitrogen and oxygen atoms in total. The minimum Gasteiger partial charge on any atom is -0.345 e. The molecule has 22 heavy (non-hydrogen) atoms. The summed E-state index contributed by atoms with van der Waals surface area (Å²) in [6.07, 6.45) is 9.39. The van der Waals surface area contributed by atoms with Gasteiger partial charge in [-0.15, -0.1) is 6.58 Å². The van der Waals surface area contributed by atoms with E-state index in [1.54, 1.807) is 18.6 Å². The van der Waals surface area contributed by atoms with Crippen LogP contribution in [0.4, 0.5) is 0 Å². The second kappa shape index (κ2) is 6.42. The summed E-state index contributed by atoms with van der Waals surface area (Å²) in [5.74, 6) is 0. The molecule has 0 saturated carbocycles. The van der Waals surface area contributed by atoms with E-state index in [-0.39, 0.29) is 6.04 Å². The smallest absolute Gasteiger partial charge is 0.101 e. The van der Waals surface area contributed by atoms with Gasteiger partial charge in [-0.25, -0.2) is 4.98 Å². The maximum Gasteiger partial charge on any atom is 0.101 e. The Morgan fingerprint density at radius 2 is 2.09 bits per heavy atom. The van der Waals surface area contributed by atoms with Gasteiger partial charge in [0.1, 0.15) is 6.04 Å². The van der Waals surface area contributed by atoms with E-state index in [4.69, 9.17) is 23.2 Å². The Balaban J connectivity index is 2.16. The van der Waals surface area contributed by atoms with Crippen molar-refractivity contribution in [3.63, 3.8) is 0 Å². The van der Waals surface area contributed by atoms with Crippen LogP contribution in [0, 0.1) is 0 Å². The number of nitrogens with zero attached hydrogens (tertiary/aromatic N) is 3. The van der Waals surface area contributed by atoms with Crippen LogP contribution in [0.5, 0.6) is 0 Å². The van der Waals surface area contributed by atoms with E-state index in [9.17, 15) is 0 Å². The Labute approximate surface area is 139 Å². The standard InChI is InChI=1S/C17H15Cl2N3/c1-2-8-21-9-3-4-16(21)17(22-10-7-20-12-22)14-6-5-13(18)11-15(14)19/h2-7,9-12,17H,1,8H2. The largest absolute Gasteiger partial charge is 0.345 e. The third kappa shape index (κ3) is 2.82. The molecule has 1 atom stereocenters. The van der Waals surface area contributed by atoms with Crippen LogP contribution in [-0.4, -0.2) is 14.1 Å². The van der Waals surface area contributed by atoms with Crippen molar-refractivity contribution < 1.29 is 0 Å². The van der Waals surface area contributed by atoms with Crippen LogP contribution < -0.4 is 0 Å². The zero-order chi connectivity index (χ0) is 15.5. The molecule has 1 unspecified atom stereocenters. The van der Waals surface area contributed by atoms with Gasteiger partial charge in [-0.05, 0) is 29.8 Å². The second-order valence-corrected chi connectivity index (χ2v) is 5.80. The van der Waals surface area contributed by atoms with Crippen LogP contribution in [0.25, 0.3) is 0 Å². The van der Waals surface area contributed by atoms with Gasteiger partial charge >= 0.3 is 0 Å². The molecule has 2 aromatic heterocycles. The van der Waals surface area contributed by atoms with E-state index < -0.39 is 0 Å². The van der Waals surface area contributed by atoms with E-state index >= 15 is 0 Å². The van der Waals surface area contributed by atoms with Crippen molar-refractivity contribution >= 4 is 23.2 Å². The Morgan fingerprint density at radius 3 is 2.77 bits per heavy atom. The first-order valence-electron chi connectivity index (χ1n) is 6.89.